The minimum absolute atomic E-state index is 0.512. The average Bonchev–Trinajstić information content (AvgIpc) is 2.61. The molecule has 1 aromatic heterocycles. The summed E-state index contributed by atoms with van der Waals surface area (Å²) >= 11 is 0. The fourth-order valence-corrected chi connectivity index (χ4v) is 1.78. The van der Waals surface area contributed by atoms with Crippen molar-refractivity contribution >= 4 is 0 Å². The van der Waals surface area contributed by atoms with Crippen molar-refractivity contribution in [2.45, 2.75) is 33.2 Å². The number of hydrogen-bond acceptors (Lipinski definition) is 2. The molecular weight excluding hydrogens is 174 g/mol. The van der Waals surface area contributed by atoms with Crippen molar-refractivity contribution in [2.75, 3.05) is 13.6 Å². The van der Waals surface area contributed by atoms with E-state index in [9.17, 15) is 0 Å². The first-order valence-electron chi connectivity index (χ1n) is 5.37. The van der Waals surface area contributed by atoms with Gasteiger partial charge in [0.15, 0.2) is 0 Å². The van der Waals surface area contributed by atoms with Gasteiger partial charge in [-0.15, -0.1) is 0 Å². The molecule has 3 heteroatoms. The molecule has 1 aromatic rings. The quantitative estimate of drug-likeness (QED) is 0.777. The van der Waals surface area contributed by atoms with E-state index in [0.29, 0.717) is 12.0 Å². The summed E-state index contributed by atoms with van der Waals surface area (Å²) in [6.07, 6.45) is 4.98. The fourth-order valence-electron chi connectivity index (χ4n) is 1.78. The maximum absolute atomic E-state index is 4.36. The van der Waals surface area contributed by atoms with Gasteiger partial charge in [0.2, 0.25) is 0 Å². The second-order valence-electron chi connectivity index (χ2n) is 3.97. The molecular formula is C11H21N3. The van der Waals surface area contributed by atoms with Crippen molar-refractivity contribution in [2.24, 2.45) is 5.92 Å². The highest BCUT2D eigenvalue weighted by atomic mass is 15.1. The summed E-state index contributed by atoms with van der Waals surface area (Å²) < 4.78 is 2.29. The number of nitrogens with one attached hydrogen (secondary N) is 1. The number of hydrogen-bond donors (Lipinski definition) is 1. The van der Waals surface area contributed by atoms with Gasteiger partial charge in [-0.1, -0.05) is 20.8 Å². The minimum atomic E-state index is 0.512. The van der Waals surface area contributed by atoms with E-state index in [-0.39, 0.29) is 0 Å². The third-order valence-electron chi connectivity index (χ3n) is 2.61. The second kappa shape index (κ2) is 5.15. The summed E-state index contributed by atoms with van der Waals surface area (Å²) in [6, 6.07) is 0.512. The monoisotopic (exact) mass is 195 g/mol. The van der Waals surface area contributed by atoms with E-state index in [4.69, 9.17) is 0 Å². The zero-order chi connectivity index (χ0) is 10.6. The second-order valence-corrected chi connectivity index (χ2v) is 3.97. The summed E-state index contributed by atoms with van der Waals surface area (Å²) in [5, 5.41) is 3.24. The molecule has 0 aromatic carbocycles. The molecule has 14 heavy (non-hydrogen) atoms. The van der Waals surface area contributed by atoms with Crippen molar-refractivity contribution in [1.29, 1.82) is 0 Å². The molecule has 1 unspecified atom stereocenters. The van der Waals surface area contributed by atoms with E-state index in [1.54, 1.807) is 0 Å². The lowest BCUT2D eigenvalue weighted by Crippen LogP contribution is -2.27. The van der Waals surface area contributed by atoms with Crippen LogP contribution in [0.1, 0.15) is 32.6 Å². The smallest absolute Gasteiger partial charge is 0.108 e. The highest BCUT2D eigenvalue weighted by molar-refractivity contribution is 4.96. The van der Waals surface area contributed by atoms with Crippen LogP contribution in [-0.2, 0) is 6.42 Å². The maximum Gasteiger partial charge on any atom is 0.108 e. The molecule has 0 saturated carbocycles. The van der Waals surface area contributed by atoms with Crippen LogP contribution >= 0.6 is 0 Å². The lowest BCUT2D eigenvalue weighted by atomic mass is 10.0. The number of likely N-dealkylation sites (N-methyl/N-ethyl adjacent to an activating group) is 1. The van der Waals surface area contributed by atoms with Crippen LogP contribution in [0.5, 0.6) is 0 Å². The molecule has 0 saturated heterocycles. The van der Waals surface area contributed by atoms with Crippen LogP contribution in [0.2, 0.25) is 0 Å². The first-order chi connectivity index (χ1) is 6.70. The van der Waals surface area contributed by atoms with Crippen molar-refractivity contribution in [3.63, 3.8) is 0 Å². The Hall–Kier alpha value is -0.830. The van der Waals surface area contributed by atoms with Gasteiger partial charge in [0.05, 0.1) is 0 Å². The number of nitrogens with zero attached hydrogens (tertiary/aromatic N) is 2. The summed E-state index contributed by atoms with van der Waals surface area (Å²) in [5.41, 5.74) is 0. The number of aromatic nitrogens is 2. The van der Waals surface area contributed by atoms with E-state index < -0.39 is 0 Å². The molecule has 0 radical (unpaired) electrons. The van der Waals surface area contributed by atoms with Gasteiger partial charge in [0.1, 0.15) is 5.82 Å². The highest BCUT2D eigenvalue weighted by Gasteiger charge is 2.16. The van der Waals surface area contributed by atoms with Crippen LogP contribution in [-0.4, -0.2) is 23.1 Å². The fraction of sp³-hybridized carbons (Fsp3) is 0.727. The van der Waals surface area contributed by atoms with E-state index >= 15 is 0 Å². The van der Waals surface area contributed by atoms with Crippen molar-refractivity contribution in [3.8, 4) is 0 Å². The molecule has 1 N–H and O–H groups in total. The standard InChI is InChI=1S/C11H21N3/c1-5-11-13-6-7-14(11)10(8-12-4)9(2)3/h6-7,9-10,12H,5,8H2,1-4H3. The molecule has 1 heterocycles. The van der Waals surface area contributed by atoms with Gasteiger partial charge in [-0.25, -0.2) is 4.98 Å². The molecule has 0 aliphatic carbocycles. The molecule has 0 fully saturated rings. The Morgan fingerprint density at radius 1 is 1.50 bits per heavy atom. The number of imidazole rings is 1. The summed E-state index contributed by atoms with van der Waals surface area (Å²) in [6.45, 7) is 7.65. The molecule has 0 aliphatic heterocycles. The van der Waals surface area contributed by atoms with Crippen LogP contribution in [0.25, 0.3) is 0 Å². The third kappa shape index (κ3) is 2.35. The van der Waals surface area contributed by atoms with Gasteiger partial charge in [0.25, 0.3) is 0 Å². The molecule has 1 atom stereocenters. The number of aryl methyl sites for hydroxylation is 1. The lowest BCUT2D eigenvalue weighted by Gasteiger charge is -2.23. The van der Waals surface area contributed by atoms with E-state index in [1.807, 2.05) is 13.2 Å². The first kappa shape index (κ1) is 11.2. The van der Waals surface area contributed by atoms with Crippen LogP contribution < -0.4 is 5.32 Å². The van der Waals surface area contributed by atoms with Crippen molar-refractivity contribution in [3.05, 3.63) is 18.2 Å². The van der Waals surface area contributed by atoms with Crippen molar-refractivity contribution in [1.82, 2.24) is 14.9 Å². The van der Waals surface area contributed by atoms with Gasteiger partial charge >= 0.3 is 0 Å². The Balaban J connectivity index is 2.86. The Kier molecular flexibility index (Phi) is 4.14. The average molecular weight is 195 g/mol. The van der Waals surface area contributed by atoms with Gasteiger partial charge in [-0.05, 0) is 13.0 Å². The zero-order valence-corrected chi connectivity index (χ0v) is 9.62. The SMILES string of the molecule is CCc1nccn1C(CNC)C(C)C. The topological polar surface area (TPSA) is 29.9 Å². The molecule has 0 amide bonds. The van der Waals surface area contributed by atoms with E-state index in [0.717, 1.165) is 13.0 Å². The minimum Gasteiger partial charge on any atom is -0.330 e. The Morgan fingerprint density at radius 3 is 2.71 bits per heavy atom. The van der Waals surface area contributed by atoms with Crippen LogP contribution in [0.4, 0.5) is 0 Å². The third-order valence-corrected chi connectivity index (χ3v) is 2.61. The Morgan fingerprint density at radius 2 is 2.21 bits per heavy atom. The molecule has 0 aliphatic rings. The zero-order valence-electron chi connectivity index (χ0n) is 9.62. The molecule has 3 nitrogen and oxygen atoms in total. The molecule has 0 spiro atoms. The largest absolute Gasteiger partial charge is 0.330 e. The van der Waals surface area contributed by atoms with E-state index in [1.165, 1.54) is 5.82 Å². The van der Waals surface area contributed by atoms with Crippen LogP contribution in [0.15, 0.2) is 12.4 Å². The predicted molar refractivity (Wildman–Crippen MR) is 59.4 cm³/mol. The van der Waals surface area contributed by atoms with Gasteiger partial charge < -0.3 is 9.88 Å². The van der Waals surface area contributed by atoms with Crippen LogP contribution in [0, 0.1) is 5.92 Å². The normalized spacial score (nSPS) is 13.5. The summed E-state index contributed by atoms with van der Waals surface area (Å²) in [4.78, 5) is 4.36. The number of rotatable bonds is 5. The van der Waals surface area contributed by atoms with E-state index in [2.05, 4.69) is 41.8 Å². The van der Waals surface area contributed by atoms with Crippen molar-refractivity contribution < 1.29 is 0 Å². The highest BCUT2D eigenvalue weighted by Crippen LogP contribution is 2.18. The van der Waals surface area contributed by atoms with Gasteiger partial charge in [0, 0.05) is 31.4 Å². The molecule has 1 rings (SSSR count). The Labute approximate surface area is 86.5 Å². The molecule has 80 valence electrons. The predicted octanol–water partition coefficient (Wildman–Crippen LogP) is 1.86. The maximum atomic E-state index is 4.36. The van der Waals surface area contributed by atoms with Gasteiger partial charge in [-0.3, -0.25) is 0 Å². The summed E-state index contributed by atoms with van der Waals surface area (Å²) in [7, 11) is 2.00. The van der Waals surface area contributed by atoms with Gasteiger partial charge in [-0.2, -0.15) is 0 Å². The Bertz CT molecular complexity index is 265. The molecule has 0 bridgehead atoms. The first-order valence-corrected chi connectivity index (χ1v) is 5.37. The van der Waals surface area contributed by atoms with Crippen LogP contribution in [0.3, 0.4) is 0 Å². The summed E-state index contributed by atoms with van der Waals surface area (Å²) in [5.74, 6) is 1.81. The lowest BCUT2D eigenvalue weighted by molar-refractivity contribution is 0.357.